The highest BCUT2D eigenvalue weighted by atomic mass is 35.5. The van der Waals surface area contributed by atoms with Crippen molar-refractivity contribution in [2.75, 3.05) is 7.05 Å². The van der Waals surface area contributed by atoms with Crippen molar-refractivity contribution < 1.29 is 4.39 Å². The number of nitrogens with one attached hydrogen (secondary N) is 1. The third kappa shape index (κ3) is 2.83. The Kier molecular flexibility index (Phi) is 3.88. The Morgan fingerprint density at radius 2 is 2.28 bits per heavy atom. The van der Waals surface area contributed by atoms with Crippen LogP contribution in [0.1, 0.15) is 17.4 Å². The predicted octanol–water partition coefficient (Wildman–Crippen LogP) is 1.51. The number of aryl methyl sites for hydroxylation is 1. The van der Waals surface area contributed by atoms with Crippen molar-refractivity contribution >= 4 is 11.6 Å². The fourth-order valence-corrected chi connectivity index (χ4v) is 1.92. The largest absolute Gasteiger partial charge is 0.313 e. The van der Waals surface area contributed by atoms with Gasteiger partial charge in [-0.15, -0.1) is 10.2 Å². The Bertz CT molecular complexity index is 542. The molecule has 0 aliphatic rings. The first-order valence-corrected chi connectivity index (χ1v) is 5.83. The van der Waals surface area contributed by atoms with Crippen LogP contribution in [0.3, 0.4) is 0 Å². The van der Waals surface area contributed by atoms with E-state index in [1.54, 1.807) is 20.2 Å². The first-order valence-electron chi connectivity index (χ1n) is 5.45. The molecule has 2 rings (SSSR count). The van der Waals surface area contributed by atoms with Crippen LogP contribution in [0.5, 0.6) is 0 Å². The number of tetrazole rings is 1. The van der Waals surface area contributed by atoms with Gasteiger partial charge in [-0.25, -0.2) is 4.39 Å². The van der Waals surface area contributed by atoms with Crippen LogP contribution in [0.4, 0.5) is 4.39 Å². The van der Waals surface area contributed by atoms with E-state index in [4.69, 9.17) is 11.6 Å². The van der Waals surface area contributed by atoms with Crippen molar-refractivity contribution in [2.24, 2.45) is 7.05 Å². The fraction of sp³-hybridized carbons (Fsp3) is 0.364. The summed E-state index contributed by atoms with van der Waals surface area (Å²) in [5.74, 6) is 0.249. The molecule has 0 saturated heterocycles. The molecule has 7 heteroatoms. The fourth-order valence-electron chi connectivity index (χ4n) is 1.74. The number of rotatable bonds is 4. The lowest BCUT2D eigenvalue weighted by atomic mass is 10.0. The molecule has 0 bridgehead atoms. The van der Waals surface area contributed by atoms with E-state index < -0.39 is 0 Å². The minimum atomic E-state index is -0.303. The van der Waals surface area contributed by atoms with E-state index in [1.807, 2.05) is 0 Å². The van der Waals surface area contributed by atoms with Gasteiger partial charge in [-0.1, -0.05) is 11.6 Å². The lowest BCUT2D eigenvalue weighted by Gasteiger charge is -2.15. The van der Waals surface area contributed by atoms with Crippen LogP contribution in [0, 0.1) is 5.82 Å². The molecule has 1 heterocycles. The number of nitrogens with zero attached hydrogens (tertiary/aromatic N) is 4. The summed E-state index contributed by atoms with van der Waals surface area (Å²) in [6, 6.07) is 4.24. The highest BCUT2D eigenvalue weighted by Gasteiger charge is 2.17. The molecule has 1 N–H and O–H groups in total. The van der Waals surface area contributed by atoms with Crippen LogP contribution in [0.2, 0.25) is 5.02 Å². The van der Waals surface area contributed by atoms with Crippen LogP contribution < -0.4 is 5.32 Å². The molecule has 1 aromatic heterocycles. The molecule has 96 valence electrons. The van der Waals surface area contributed by atoms with Crippen molar-refractivity contribution in [3.05, 3.63) is 40.4 Å². The maximum Gasteiger partial charge on any atom is 0.176 e. The van der Waals surface area contributed by atoms with E-state index in [0.717, 1.165) is 0 Å². The predicted molar refractivity (Wildman–Crippen MR) is 65.7 cm³/mol. The number of hydrogen-bond donors (Lipinski definition) is 1. The van der Waals surface area contributed by atoms with Crippen molar-refractivity contribution in [1.82, 2.24) is 25.5 Å². The van der Waals surface area contributed by atoms with Crippen LogP contribution in [-0.4, -0.2) is 27.3 Å². The molecule has 0 amide bonds. The first-order chi connectivity index (χ1) is 8.60. The molecule has 0 saturated carbocycles. The van der Waals surface area contributed by atoms with Crippen LogP contribution in [-0.2, 0) is 13.5 Å². The summed E-state index contributed by atoms with van der Waals surface area (Å²) in [5, 5.41) is 15.2. The summed E-state index contributed by atoms with van der Waals surface area (Å²) in [6.07, 6.45) is 0.446. The molecular weight excluding hydrogens is 257 g/mol. The van der Waals surface area contributed by atoms with Gasteiger partial charge in [0.2, 0.25) is 0 Å². The monoisotopic (exact) mass is 269 g/mol. The highest BCUT2D eigenvalue weighted by Crippen LogP contribution is 2.23. The smallest absolute Gasteiger partial charge is 0.176 e. The number of likely N-dealkylation sites (N-methyl/N-ethyl adjacent to an activating group) is 1. The molecule has 0 fully saturated rings. The minimum Gasteiger partial charge on any atom is -0.313 e. The van der Waals surface area contributed by atoms with E-state index in [-0.39, 0.29) is 11.9 Å². The summed E-state index contributed by atoms with van der Waals surface area (Å²) < 4.78 is 13.8. The van der Waals surface area contributed by atoms with Gasteiger partial charge in [-0.05, 0) is 30.5 Å². The molecule has 0 aliphatic heterocycles. The Labute approximate surface area is 109 Å². The Morgan fingerprint density at radius 3 is 2.89 bits per heavy atom. The van der Waals surface area contributed by atoms with Gasteiger partial charge in [0.05, 0.1) is 7.05 Å². The SMILES string of the molecule is CNC(Cc1nnn(C)n1)c1cc(Cl)ccc1F. The second kappa shape index (κ2) is 5.41. The van der Waals surface area contributed by atoms with Gasteiger partial charge in [0.25, 0.3) is 0 Å². The Morgan fingerprint density at radius 1 is 1.50 bits per heavy atom. The van der Waals surface area contributed by atoms with Crippen molar-refractivity contribution in [2.45, 2.75) is 12.5 Å². The van der Waals surface area contributed by atoms with Crippen molar-refractivity contribution in [3.63, 3.8) is 0 Å². The first kappa shape index (κ1) is 12.9. The molecular formula is C11H13ClFN5. The van der Waals surface area contributed by atoms with Crippen LogP contribution >= 0.6 is 11.6 Å². The average Bonchev–Trinajstić information content (AvgIpc) is 2.75. The van der Waals surface area contributed by atoms with Gasteiger partial charge in [0.1, 0.15) is 5.82 Å². The second-order valence-corrected chi connectivity index (χ2v) is 4.34. The zero-order valence-corrected chi connectivity index (χ0v) is 10.8. The standard InChI is InChI=1S/C11H13ClFN5/c1-14-10(6-11-15-17-18(2)16-11)8-5-7(12)3-4-9(8)13/h3-5,10,14H,6H2,1-2H3. The average molecular weight is 270 g/mol. The zero-order chi connectivity index (χ0) is 13.1. The quantitative estimate of drug-likeness (QED) is 0.914. The maximum atomic E-state index is 13.8. The van der Waals surface area contributed by atoms with Gasteiger partial charge in [0, 0.05) is 23.0 Å². The van der Waals surface area contributed by atoms with Crippen molar-refractivity contribution in [3.8, 4) is 0 Å². The number of hydrogen-bond acceptors (Lipinski definition) is 4. The number of aromatic nitrogens is 4. The Hall–Kier alpha value is -1.53. The number of halogens is 2. The lowest BCUT2D eigenvalue weighted by molar-refractivity contribution is 0.524. The molecule has 0 aliphatic carbocycles. The van der Waals surface area contributed by atoms with Gasteiger partial charge in [0.15, 0.2) is 5.82 Å². The van der Waals surface area contributed by atoms with E-state index in [2.05, 4.69) is 20.7 Å². The summed E-state index contributed by atoms with van der Waals surface area (Å²) in [7, 11) is 3.44. The highest BCUT2D eigenvalue weighted by molar-refractivity contribution is 6.30. The number of benzene rings is 1. The molecule has 1 unspecified atom stereocenters. The minimum absolute atomic E-state index is 0.243. The molecule has 18 heavy (non-hydrogen) atoms. The van der Waals surface area contributed by atoms with Crippen LogP contribution in [0.25, 0.3) is 0 Å². The third-order valence-corrected chi connectivity index (χ3v) is 2.85. The zero-order valence-electron chi connectivity index (χ0n) is 10.1. The van der Waals surface area contributed by atoms with Gasteiger partial charge >= 0.3 is 0 Å². The summed E-state index contributed by atoms with van der Waals surface area (Å²) in [6.45, 7) is 0. The van der Waals surface area contributed by atoms with E-state index in [0.29, 0.717) is 22.8 Å². The summed E-state index contributed by atoms with van der Waals surface area (Å²) in [5.41, 5.74) is 0.498. The van der Waals surface area contributed by atoms with Gasteiger partial charge in [-0.3, -0.25) is 0 Å². The van der Waals surface area contributed by atoms with Gasteiger partial charge in [-0.2, -0.15) is 4.80 Å². The third-order valence-electron chi connectivity index (χ3n) is 2.62. The lowest BCUT2D eigenvalue weighted by Crippen LogP contribution is -2.20. The topological polar surface area (TPSA) is 55.6 Å². The Balaban J connectivity index is 2.25. The molecule has 5 nitrogen and oxygen atoms in total. The van der Waals surface area contributed by atoms with E-state index >= 15 is 0 Å². The summed E-state index contributed by atoms with van der Waals surface area (Å²) >= 11 is 5.88. The molecule has 1 aromatic carbocycles. The van der Waals surface area contributed by atoms with Crippen LogP contribution in [0.15, 0.2) is 18.2 Å². The van der Waals surface area contributed by atoms with Gasteiger partial charge < -0.3 is 5.32 Å². The maximum absolute atomic E-state index is 13.8. The summed E-state index contributed by atoms with van der Waals surface area (Å²) in [4.78, 5) is 1.37. The molecule has 2 aromatic rings. The van der Waals surface area contributed by atoms with E-state index in [9.17, 15) is 4.39 Å². The molecule has 0 radical (unpaired) electrons. The van der Waals surface area contributed by atoms with Crippen molar-refractivity contribution in [1.29, 1.82) is 0 Å². The molecule has 0 spiro atoms. The normalized spacial score (nSPS) is 12.7. The second-order valence-electron chi connectivity index (χ2n) is 3.91. The van der Waals surface area contributed by atoms with E-state index in [1.165, 1.54) is 16.9 Å². The molecule has 1 atom stereocenters.